The van der Waals surface area contributed by atoms with Gasteiger partial charge in [0.15, 0.2) is 0 Å². The van der Waals surface area contributed by atoms with E-state index in [0.29, 0.717) is 11.5 Å². The Hall–Kier alpha value is -1.70. The molecule has 2 N–H and O–H groups in total. The topological polar surface area (TPSA) is 40.5 Å². The lowest BCUT2D eigenvalue weighted by molar-refractivity contribution is 0.292. The summed E-state index contributed by atoms with van der Waals surface area (Å²) in [6.45, 7) is 8.62. The minimum Gasteiger partial charge on any atom is -0.512 e. The number of unbranched alkanes of at least 4 members (excludes halogenated alkanes) is 6. The molecule has 0 aliphatic heterocycles. The number of phenols is 1. The fourth-order valence-corrected chi connectivity index (χ4v) is 4.18. The van der Waals surface area contributed by atoms with Gasteiger partial charge in [0.25, 0.3) is 0 Å². The maximum absolute atomic E-state index is 10.6. The van der Waals surface area contributed by atoms with E-state index in [4.69, 9.17) is 0 Å². The first kappa shape index (κ1) is 22.6. The monoisotopic (exact) mass is 384 g/mol. The zero-order chi connectivity index (χ0) is 20.6. The first-order chi connectivity index (χ1) is 13.4. The van der Waals surface area contributed by atoms with Gasteiger partial charge in [0.2, 0.25) is 0 Å². The minimum atomic E-state index is -0.341. The quantitative estimate of drug-likeness (QED) is 0.380. The Labute approximate surface area is 172 Å². The molecule has 1 atom stereocenters. The zero-order valence-electron chi connectivity index (χ0n) is 18.4. The fourth-order valence-electron chi connectivity index (χ4n) is 4.18. The maximum Gasteiger partial charge on any atom is 0.115 e. The molecule has 1 aliphatic carbocycles. The standard InChI is InChI=1S/C26H40O2/c1-5-7-9-11-13-20-17-22(27)15-16-23(20)24-19-26(3,4)25(28)18-21(24)14-12-10-8-6-2/h15-19,21,27-28H,5-14H2,1-4H3. The van der Waals surface area contributed by atoms with Crippen LogP contribution >= 0.6 is 0 Å². The molecule has 1 unspecified atom stereocenters. The molecule has 156 valence electrons. The second kappa shape index (κ2) is 10.7. The zero-order valence-corrected chi connectivity index (χ0v) is 18.4. The number of allylic oxidation sites excluding steroid dienone is 3. The number of phenolic OH excluding ortho intramolecular Hbond substituents is 1. The van der Waals surface area contributed by atoms with Gasteiger partial charge in [-0.3, -0.25) is 0 Å². The van der Waals surface area contributed by atoms with Crippen LogP contribution in [0.1, 0.15) is 96.6 Å². The van der Waals surface area contributed by atoms with Crippen molar-refractivity contribution in [3.8, 4) is 5.75 Å². The molecule has 2 heteroatoms. The summed E-state index contributed by atoms with van der Waals surface area (Å²) in [7, 11) is 0. The summed E-state index contributed by atoms with van der Waals surface area (Å²) < 4.78 is 0. The van der Waals surface area contributed by atoms with Crippen LogP contribution in [0.2, 0.25) is 0 Å². The molecule has 0 radical (unpaired) electrons. The number of aliphatic hydroxyl groups is 1. The lowest BCUT2D eigenvalue weighted by atomic mass is 9.74. The van der Waals surface area contributed by atoms with Crippen molar-refractivity contribution in [2.75, 3.05) is 0 Å². The van der Waals surface area contributed by atoms with Crippen LogP contribution in [0.4, 0.5) is 0 Å². The summed E-state index contributed by atoms with van der Waals surface area (Å²) in [5.41, 5.74) is 3.48. The molecule has 0 aromatic heterocycles. The summed E-state index contributed by atoms with van der Waals surface area (Å²) in [5.74, 6) is 1.09. The fraction of sp³-hybridized carbons (Fsp3) is 0.615. The molecule has 0 spiro atoms. The highest BCUT2D eigenvalue weighted by Crippen LogP contribution is 2.43. The Bertz CT molecular complexity index is 682. The molecule has 0 saturated carbocycles. The Morgan fingerprint density at radius 1 is 0.893 bits per heavy atom. The molecule has 0 fully saturated rings. The van der Waals surface area contributed by atoms with Crippen LogP contribution in [-0.2, 0) is 6.42 Å². The van der Waals surface area contributed by atoms with E-state index in [-0.39, 0.29) is 11.3 Å². The molecule has 1 aromatic rings. The van der Waals surface area contributed by atoms with Crippen molar-refractivity contribution in [1.29, 1.82) is 0 Å². The third kappa shape index (κ3) is 6.15. The number of rotatable bonds is 11. The van der Waals surface area contributed by atoms with Crippen molar-refractivity contribution in [3.05, 3.63) is 47.2 Å². The van der Waals surface area contributed by atoms with Gasteiger partial charge in [-0.25, -0.2) is 0 Å². The molecule has 0 amide bonds. The summed E-state index contributed by atoms with van der Waals surface area (Å²) >= 11 is 0. The summed E-state index contributed by atoms with van der Waals surface area (Å²) in [4.78, 5) is 0. The average molecular weight is 385 g/mol. The molecule has 0 bridgehead atoms. The molecular formula is C26H40O2. The van der Waals surface area contributed by atoms with E-state index in [1.165, 1.54) is 61.6 Å². The Balaban J connectivity index is 2.29. The summed E-state index contributed by atoms with van der Waals surface area (Å²) in [6.07, 6.45) is 16.2. The van der Waals surface area contributed by atoms with E-state index in [1.807, 2.05) is 12.1 Å². The molecule has 28 heavy (non-hydrogen) atoms. The highest BCUT2D eigenvalue weighted by molar-refractivity contribution is 5.74. The van der Waals surface area contributed by atoms with Crippen LogP contribution in [0, 0.1) is 11.3 Å². The van der Waals surface area contributed by atoms with Crippen molar-refractivity contribution in [2.24, 2.45) is 11.3 Å². The minimum absolute atomic E-state index is 0.254. The van der Waals surface area contributed by atoms with Crippen LogP contribution in [-0.4, -0.2) is 10.2 Å². The SMILES string of the molecule is CCCCCCc1cc(O)ccc1C1=CC(C)(C)C(O)=CC1CCCCCC. The van der Waals surface area contributed by atoms with Gasteiger partial charge in [-0.05, 0) is 68.0 Å². The van der Waals surface area contributed by atoms with Crippen molar-refractivity contribution in [2.45, 2.75) is 91.9 Å². The van der Waals surface area contributed by atoms with Crippen LogP contribution in [0.5, 0.6) is 5.75 Å². The van der Waals surface area contributed by atoms with Crippen molar-refractivity contribution >= 4 is 5.57 Å². The van der Waals surface area contributed by atoms with E-state index in [0.717, 1.165) is 19.3 Å². The largest absolute Gasteiger partial charge is 0.512 e. The second-order valence-corrected chi connectivity index (χ2v) is 8.98. The molecular weight excluding hydrogens is 344 g/mol. The number of aryl methyl sites for hydroxylation is 1. The van der Waals surface area contributed by atoms with Crippen LogP contribution in [0.3, 0.4) is 0 Å². The highest BCUT2D eigenvalue weighted by Gasteiger charge is 2.30. The van der Waals surface area contributed by atoms with E-state index >= 15 is 0 Å². The van der Waals surface area contributed by atoms with Gasteiger partial charge in [0.05, 0.1) is 5.76 Å². The van der Waals surface area contributed by atoms with Crippen molar-refractivity contribution in [1.82, 2.24) is 0 Å². The van der Waals surface area contributed by atoms with Crippen LogP contribution in [0.25, 0.3) is 5.57 Å². The first-order valence-corrected chi connectivity index (χ1v) is 11.3. The number of hydrogen-bond donors (Lipinski definition) is 2. The van der Waals surface area contributed by atoms with E-state index in [1.54, 1.807) is 0 Å². The van der Waals surface area contributed by atoms with Gasteiger partial charge in [-0.2, -0.15) is 0 Å². The lowest BCUT2D eigenvalue weighted by Gasteiger charge is -2.32. The molecule has 2 nitrogen and oxygen atoms in total. The summed E-state index contributed by atoms with van der Waals surface area (Å²) in [6, 6.07) is 5.84. The molecule has 0 saturated heterocycles. The Morgan fingerprint density at radius 3 is 2.25 bits per heavy atom. The molecule has 1 aliphatic rings. The molecule has 1 aromatic carbocycles. The average Bonchev–Trinajstić information content (AvgIpc) is 2.65. The smallest absolute Gasteiger partial charge is 0.115 e. The third-order valence-corrected chi connectivity index (χ3v) is 6.00. The lowest BCUT2D eigenvalue weighted by Crippen LogP contribution is -2.20. The van der Waals surface area contributed by atoms with Gasteiger partial charge < -0.3 is 10.2 Å². The number of benzene rings is 1. The predicted molar refractivity (Wildman–Crippen MR) is 121 cm³/mol. The van der Waals surface area contributed by atoms with Crippen LogP contribution in [0.15, 0.2) is 36.1 Å². The van der Waals surface area contributed by atoms with Crippen LogP contribution < -0.4 is 0 Å². The predicted octanol–water partition coefficient (Wildman–Crippen LogP) is 7.97. The molecule has 0 heterocycles. The maximum atomic E-state index is 10.6. The van der Waals surface area contributed by atoms with E-state index in [2.05, 4.69) is 45.9 Å². The summed E-state index contributed by atoms with van der Waals surface area (Å²) in [5, 5.41) is 20.6. The van der Waals surface area contributed by atoms with Crippen molar-refractivity contribution < 1.29 is 10.2 Å². The highest BCUT2D eigenvalue weighted by atomic mass is 16.3. The van der Waals surface area contributed by atoms with Gasteiger partial charge >= 0.3 is 0 Å². The Morgan fingerprint density at radius 2 is 1.57 bits per heavy atom. The number of aliphatic hydroxyl groups excluding tert-OH is 1. The van der Waals surface area contributed by atoms with Crippen molar-refractivity contribution in [3.63, 3.8) is 0 Å². The number of aromatic hydroxyl groups is 1. The van der Waals surface area contributed by atoms with Gasteiger partial charge in [-0.1, -0.05) is 70.9 Å². The van der Waals surface area contributed by atoms with Gasteiger partial charge in [0, 0.05) is 11.3 Å². The normalized spacial score (nSPS) is 18.6. The molecule has 2 rings (SSSR count). The first-order valence-electron chi connectivity index (χ1n) is 11.3. The van der Waals surface area contributed by atoms with E-state index < -0.39 is 0 Å². The third-order valence-electron chi connectivity index (χ3n) is 6.00. The second-order valence-electron chi connectivity index (χ2n) is 8.98. The number of hydrogen-bond acceptors (Lipinski definition) is 2. The van der Waals surface area contributed by atoms with E-state index in [9.17, 15) is 10.2 Å². The van der Waals surface area contributed by atoms with Gasteiger partial charge in [0.1, 0.15) is 5.75 Å². The van der Waals surface area contributed by atoms with Gasteiger partial charge in [-0.15, -0.1) is 0 Å². The Kier molecular flexibility index (Phi) is 8.66.